The molecule has 146 valence electrons. The molecule has 0 saturated heterocycles. The summed E-state index contributed by atoms with van der Waals surface area (Å²) in [7, 11) is 3.03. The third kappa shape index (κ3) is 4.07. The van der Waals surface area contributed by atoms with E-state index < -0.39 is 5.91 Å². The third-order valence-electron chi connectivity index (χ3n) is 4.01. The number of aromatic nitrogens is 1. The first kappa shape index (κ1) is 19.6. The summed E-state index contributed by atoms with van der Waals surface area (Å²) in [5.41, 5.74) is 1.18. The molecule has 3 aromatic rings. The van der Waals surface area contributed by atoms with Gasteiger partial charge in [-0.2, -0.15) is 4.99 Å². The maximum Gasteiger partial charge on any atom is 0.326 e. The zero-order chi connectivity index (χ0) is 20.1. The van der Waals surface area contributed by atoms with Crippen molar-refractivity contribution in [3.63, 3.8) is 0 Å². The molecule has 0 spiro atoms. The van der Waals surface area contributed by atoms with Gasteiger partial charge in [0.1, 0.15) is 6.54 Å². The Balaban J connectivity index is 2.05. The number of para-hydroxylation sites is 1. The summed E-state index contributed by atoms with van der Waals surface area (Å²) in [5.74, 6) is 0.147. The van der Waals surface area contributed by atoms with Gasteiger partial charge in [0.05, 0.1) is 31.0 Å². The van der Waals surface area contributed by atoms with Gasteiger partial charge in [-0.15, -0.1) is 0 Å². The zero-order valence-electron chi connectivity index (χ0n) is 15.8. The number of rotatable bonds is 6. The quantitative estimate of drug-likeness (QED) is 0.594. The highest BCUT2D eigenvalue weighted by Crippen LogP contribution is 2.27. The Morgan fingerprint density at radius 2 is 1.82 bits per heavy atom. The zero-order valence-corrected chi connectivity index (χ0v) is 16.6. The summed E-state index contributed by atoms with van der Waals surface area (Å²) in [6.45, 7) is 2.02. The first-order valence-corrected chi connectivity index (χ1v) is 9.44. The molecular formula is C20H20N2O5S. The smallest absolute Gasteiger partial charge is 0.326 e. The molecule has 8 heteroatoms. The lowest BCUT2D eigenvalue weighted by atomic mass is 10.2. The minimum atomic E-state index is -0.440. The molecule has 0 atom stereocenters. The van der Waals surface area contributed by atoms with Crippen LogP contribution < -0.4 is 14.3 Å². The van der Waals surface area contributed by atoms with Gasteiger partial charge < -0.3 is 18.8 Å². The molecule has 0 aliphatic carbocycles. The van der Waals surface area contributed by atoms with E-state index in [0.29, 0.717) is 28.5 Å². The van der Waals surface area contributed by atoms with Gasteiger partial charge in [-0.05, 0) is 37.3 Å². The molecule has 7 nitrogen and oxygen atoms in total. The second-order valence-corrected chi connectivity index (χ2v) is 6.74. The summed E-state index contributed by atoms with van der Waals surface area (Å²) >= 11 is 1.34. The minimum Gasteiger partial charge on any atom is -0.493 e. The van der Waals surface area contributed by atoms with Gasteiger partial charge in [0.15, 0.2) is 16.3 Å². The van der Waals surface area contributed by atoms with Crippen LogP contribution in [0, 0.1) is 0 Å². The van der Waals surface area contributed by atoms with Crippen LogP contribution in [0.25, 0.3) is 10.2 Å². The molecule has 0 aliphatic rings. The summed E-state index contributed by atoms with van der Waals surface area (Å²) in [4.78, 5) is 29.4. The molecule has 1 aromatic heterocycles. The van der Waals surface area contributed by atoms with Gasteiger partial charge in [-0.25, -0.2) is 0 Å². The molecule has 0 saturated carbocycles. The van der Waals surface area contributed by atoms with Gasteiger partial charge in [0.2, 0.25) is 0 Å². The normalized spacial score (nSPS) is 11.5. The maximum absolute atomic E-state index is 12.7. The van der Waals surface area contributed by atoms with Crippen LogP contribution in [0.1, 0.15) is 17.3 Å². The van der Waals surface area contributed by atoms with Crippen molar-refractivity contribution in [3.8, 4) is 11.5 Å². The van der Waals surface area contributed by atoms with E-state index in [2.05, 4.69) is 4.99 Å². The molecular weight excluding hydrogens is 380 g/mol. The van der Waals surface area contributed by atoms with Crippen molar-refractivity contribution in [2.24, 2.45) is 4.99 Å². The Hall–Kier alpha value is -3.13. The number of fused-ring (bicyclic) bond motifs is 1. The minimum absolute atomic E-state index is 0.0180. The van der Waals surface area contributed by atoms with Crippen LogP contribution >= 0.6 is 11.3 Å². The molecule has 0 unspecified atom stereocenters. The Labute approximate surface area is 165 Å². The fourth-order valence-corrected chi connectivity index (χ4v) is 3.74. The summed E-state index contributed by atoms with van der Waals surface area (Å²) < 4.78 is 18.1. The molecule has 0 aliphatic heterocycles. The number of esters is 1. The first-order valence-electron chi connectivity index (χ1n) is 8.62. The summed E-state index contributed by atoms with van der Waals surface area (Å²) in [5, 5.41) is 0. The van der Waals surface area contributed by atoms with Crippen molar-refractivity contribution >= 4 is 33.4 Å². The van der Waals surface area contributed by atoms with Crippen LogP contribution in [0.2, 0.25) is 0 Å². The summed E-state index contributed by atoms with van der Waals surface area (Å²) in [6.07, 6.45) is 0. The molecule has 0 radical (unpaired) electrons. The van der Waals surface area contributed by atoms with Crippen molar-refractivity contribution in [2.45, 2.75) is 13.5 Å². The Morgan fingerprint density at radius 3 is 2.54 bits per heavy atom. The number of nitrogens with zero attached hydrogens (tertiary/aromatic N) is 2. The monoisotopic (exact) mass is 400 g/mol. The fraction of sp³-hybridized carbons (Fsp3) is 0.250. The summed E-state index contributed by atoms with van der Waals surface area (Å²) in [6, 6.07) is 12.4. The van der Waals surface area contributed by atoms with E-state index in [9.17, 15) is 9.59 Å². The number of benzene rings is 2. The average Bonchev–Trinajstić information content (AvgIpc) is 3.04. The number of carbonyl (C=O) groups is 2. The number of hydrogen-bond acceptors (Lipinski definition) is 6. The van der Waals surface area contributed by atoms with Crippen molar-refractivity contribution in [2.75, 3.05) is 20.8 Å². The number of hydrogen-bond donors (Lipinski definition) is 0. The highest BCUT2D eigenvalue weighted by molar-refractivity contribution is 7.16. The highest BCUT2D eigenvalue weighted by Gasteiger charge is 2.14. The first-order chi connectivity index (χ1) is 13.6. The molecule has 0 N–H and O–H groups in total. The maximum atomic E-state index is 12.7. The number of ether oxygens (including phenoxy) is 3. The van der Waals surface area contributed by atoms with E-state index in [0.717, 1.165) is 10.2 Å². The topological polar surface area (TPSA) is 79.1 Å². The molecule has 1 amide bonds. The molecule has 0 fully saturated rings. The third-order valence-corrected chi connectivity index (χ3v) is 5.07. The van der Waals surface area contributed by atoms with E-state index in [1.165, 1.54) is 25.6 Å². The Morgan fingerprint density at radius 1 is 1.07 bits per heavy atom. The second-order valence-electron chi connectivity index (χ2n) is 5.73. The van der Waals surface area contributed by atoms with Crippen LogP contribution in [0.5, 0.6) is 11.5 Å². The number of methoxy groups -OCH3 is 2. The van der Waals surface area contributed by atoms with E-state index in [1.807, 2.05) is 24.3 Å². The van der Waals surface area contributed by atoms with Crippen molar-refractivity contribution in [1.29, 1.82) is 0 Å². The molecule has 28 heavy (non-hydrogen) atoms. The van der Waals surface area contributed by atoms with E-state index >= 15 is 0 Å². The molecule has 1 heterocycles. The standard InChI is InChI=1S/C20H20N2O5S/c1-4-27-18(23)12-22-14-7-5-6-8-17(14)28-20(22)21-19(24)13-9-10-15(25-2)16(11-13)26-3/h5-11H,4,12H2,1-3H3. The van der Waals surface area contributed by atoms with Gasteiger partial charge in [0, 0.05) is 5.56 Å². The van der Waals surface area contributed by atoms with Gasteiger partial charge in [-0.1, -0.05) is 23.5 Å². The van der Waals surface area contributed by atoms with Crippen LogP contribution in [0.3, 0.4) is 0 Å². The molecule has 3 rings (SSSR count). The second kappa shape index (κ2) is 8.71. The van der Waals surface area contributed by atoms with Crippen molar-refractivity contribution in [1.82, 2.24) is 4.57 Å². The Bertz CT molecular complexity index is 1080. The Kier molecular flexibility index (Phi) is 6.10. The molecule has 2 aromatic carbocycles. The van der Waals surface area contributed by atoms with E-state index in [1.54, 1.807) is 29.7 Å². The van der Waals surface area contributed by atoms with Crippen molar-refractivity contribution < 1.29 is 23.8 Å². The number of thiazole rings is 1. The predicted molar refractivity (Wildman–Crippen MR) is 106 cm³/mol. The fourth-order valence-electron chi connectivity index (χ4n) is 2.72. The van der Waals surface area contributed by atoms with Crippen LogP contribution in [-0.4, -0.2) is 37.3 Å². The predicted octanol–water partition coefficient (Wildman–Crippen LogP) is 3.02. The highest BCUT2D eigenvalue weighted by atomic mass is 32.1. The number of amides is 1. The van der Waals surface area contributed by atoms with E-state index in [-0.39, 0.29) is 12.5 Å². The lowest BCUT2D eigenvalue weighted by Crippen LogP contribution is -2.23. The van der Waals surface area contributed by atoms with Gasteiger partial charge in [-0.3, -0.25) is 9.59 Å². The number of carbonyl (C=O) groups excluding carboxylic acids is 2. The van der Waals surface area contributed by atoms with Gasteiger partial charge in [0.25, 0.3) is 5.91 Å². The van der Waals surface area contributed by atoms with Crippen LogP contribution in [0.15, 0.2) is 47.5 Å². The largest absolute Gasteiger partial charge is 0.493 e. The lowest BCUT2D eigenvalue weighted by Gasteiger charge is -2.08. The van der Waals surface area contributed by atoms with E-state index in [4.69, 9.17) is 14.2 Å². The molecule has 0 bridgehead atoms. The van der Waals surface area contributed by atoms with Crippen LogP contribution in [-0.2, 0) is 16.1 Å². The van der Waals surface area contributed by atoms with Crippen molar-refractivity contribution in [3.05, 3.63) is 52.8 Å². The van der Waals surface area contributed by atoms with Gasteiger partial charge >= 0.3 is 5.97 Å². The van der Waals surface area contributed by atoms with Crippen LogP contribution in [0.4, 0.5) is 0 Å². The lowest BCUT2D eigenvalue weighted by molar-refractivity contribution is -0.143. The average molecular weight is 400 g/mol. The SMILES string of the molecule is CCOC(=O)Cn1c(=NC(=O)c2ccc(OC)c(OC)c2)sc2ccccc21.